The molecule has 0 N–H and O–H groups in total. The van der Waals surface area contributed by atoms with Crippen molar-refractivity contribution in [3.63, 3.8) is 0 Å². The van der Waals surface area contributed by atoms with Crippen molar-refractivity contribution in [3.05, 3.63) is 23.2 Å². The second-order valence-electron chi connectivity index (χ2n) is 3.31. The maximum atomic E-state index is 12.0. The summed E-state index contributed by atoms with van der Waals surface area (Å²) in [5, 5.41) is 0.219. The third-order valence-corrected chi connectivity index (χ3v) is 2.38. The highest BCUT2D eigenvalue weighted by atomic mass is 35.5. The van der Waals surface area contributed by atoms with Gasteiger partial charge in [-0.15, -0.1) is 0 Å². The maximum absolute atomic E-state index is 12.0. The molecule has 0 aliphatic heterocycles. The number of nitrogens with zero attached hydrogens (tertiary/aromatic N) is 3. The summed E-state index contributed by atoms with van der Waals surface area (Å²) in [6.07, 6.45) is 2.81. The van der Waals surface area contributed by atoms with Crippen molar-refractivity contribution in [1.29, 1.82) is 0 Å². The summed E-state index contributed by atoms with van der Waals surface area (Å²) < 4.78 is 5.22. The number of hydrogen-bond donors (Lipinski definition) is 0. The van der Waals surface area contributed by atoms with Crippen molar-refractivity contribution in [2.75, 3.05) is 26.3 Å². The number of carbonyl (C=O) groups is 1. The first-order valence-corrected chi connectivity index (χ1v) is 5.91. The standard InChI is InChI=1S/C11H16ClN3O2/c1-3-15(5-6-17-4-2)11(16)9-7-13-8-10(12)14-9/h7-8H,3-6H2,1-2H3. The van der Waals surface area contributed by atoms with Gasteiger partial charge in [0.2, 0.25) is 0 Å². The summed E-state index contributed by atoms with van der Waals surface area (Å²) in [4.78, 5) is 21.5. The lowest BCUT2D eigenvalue weighted by Crippen LogP contribution is -2.34. The van der Waals surface area contributed by atoms with E-state index in [0.717, 1.165) is 0 Å². The average molecular weight is 258 g/mol. The zero-order valence-electron chi connectivity index (χ0n) is 10.0. The van der Waals surface area contributed by atoms with Crippen LogP contribution in [0, 0.1) is 0 Å². The molecule has 0 bridgehead atoms. The molecular weight excluding hydrogens is 242 g/mol. The fourth-order valence-corrected chi connectivity index (χ4v) is 1.48. The average Bonchev–Trinajstić information content (AvgIpc) is 2.34. The smallest absolute Gasteiger partial charge is 0.274 e. The molecule has 17 heavy (non-hydrogen) atoms. The number of halogens is 1. The van der Waals surface area contributed by atoms with Crippen molar-refractivity contribution < 1.29 is 9.53 Å². The van der Waals surface area contributed by atoms with E-state index in [1.807, 2.05) is 13.8 Å². The van der Waals surface area contributed by atoms with Gasteiger partial charge in [-0.2, -0.15) is 0 Å². The highest BCUT2D eigenvalue weighted by Crippen LogP contribution is 2.05. The van der Waals surface area contributed by atoms with Crippen molar-refractivity contribution in [2.45, 2.75) is 13.8 Å². The van der Waals surface area contributed by atoms with Gasteiger partial charge in [-0.3, -0.25) is 9.78 Å². The van der Waals surface area contributed by atoms with E-state index in [0.29, 0.717) is 26.3 Å². The Morgan fingerprint density at radius 3 is 2.82 bits per heavy atom. The van der Waals surface area contributed by atoms with Crippen LogP contribution in [0.5, 0.6) is 0 Å². The monoisotopic (exact) mass is 257 g/mol. The lowest BCUT2D eigenvalue weighted by molar-refractivity contribution is 0.0663. The first-order chi connectivity index (χ1) is 8.19. The minimum atomic E-state index is -0.179. The SMILES string of the molecule is CCOCCN(CC)C(=O)c1cncc(Cl)n1. The molecule has 0 radical (unpaired) electrons. The molecule has 0 saturated carbocycles. The van der Waals surface area contributed by atoms with Crippen LogP contribution in [0.2, 0.25) is 5.15 Å². The van der Waals surface area contributed by atoms with Crippen molar-refractivity contribution in [1.82, 2.24) is 14.9 Å². The van der Waals surface area contributed by atoms with Crippen LogP contribution in [0.15, 0.2) is 12.4 Å². The molecule has 94 valence electrons. The van der Waals surface area contributed by atoms with Gasteiger partial charge in [0.1, 0.15) is 10.8 Å². The van der Waals surface area contributed by atoms with Gasteiger partial charge in [0.15, 0.2) is 0 Å². The number of amides is 1. The van der Waals surface area contributed by atoms with Gasteiger partial charge in [-0.25, -0.2) is 4.98 Å². The van der Waals surface area contributed by atoms with Crippen LogP contribution >= 0.6 is 11.6 Å². The van der Waals surface area contributed by atoms with Gasteiger partial charge < -0.3 is 9.64 Å². The lowest BCUT2D eigenvalue weighted by Gasteiger charge is -2.19. The summed E-state index contributed by atoms with van der Waals surface area (Å²) >= 11 is 5.69. The summed E-state index contributed by atoms with van der Waals surface area (Å²) in [6, 6.07) is 0. The van der Waals surface area contributed by atoms with Crippen LogP contribution in [-0.4, -0.2) is 47.1 Å². The van der Waals surface area contributed by atoms with Gasteiger partial charge in [-0.05, 0) is 13.8 Å². The van der Waals surface area contributed by atoms with Crippen molar-refractivity contribution >= 4 is 17.5 Å². The molecular formula is C11H16ClN3O2. The molecule has 0 saturated heterocycles. The Morgan fingerprint density at radius 2 is 2.24 bits per heavy atom. The zero-order chi connectivity index (χ0) is 12.7. The molecule has 1 amide bonds. The number of aromatic nitrogens is 2. The Balaban J connectivity index is 2.65. The minimum Gasteiger partial charge on any atom is -0.380 e. The fraction of sp³-hybridized carbons (Fsp3) is 0.545. The summed E-state index contributed by atoms with van der Waals surface area (Å²) in [7, 11) is 0. The van der Waals surface area contributed by atoms with Crippen LogP contribution in [0.4, 0.5) is 0 Å². The number of hydrogen-bond acceptors (Lipinski definition) is 4. The number of carbonyl (C=O) groups excluding carboxylic acids is 1. The van der Waals surface area contributed by atoms with E-state index in [1.54, 1.807) is 4.90 Å². The zero-order valence-corrected chi connectivity index (χ0v) is 10.8. The highest BCUT2D eigenvalue weighted by Gasteiger charge is 2.15. The van der Waals surface area contributed by atoms with E-state index in [9.17, 15) is 4.79 Å². The maximum Gasteiger partial charge on any atom is 0.274 e. The van der Waals surface area contributed by atoms with Crippen LogP contribution in [-0.2, 0) is 4.74 Å². The van der Waals surface area contributed by atoms with E-state index < -0.39 is 0 Å². The predicted molar refractivity (Wildman–Crippen MR) is 65.1 cm³/mol. The van der Waals surface area contributed by atoms with E-state index in [1.165, 1.54) is 12.4 Å². The second kappa shape index (κ2) is 7.19. The molecule has 0 atom stereocenters. The van der Waals surface area contributed by atoms with Crippen LogP contribution in [0.1, 0.15) is 24.3 Å². The molecule has 0 unspecified atom stereocenters. The molecule has 1 aromatic heterocycles. The minimum absolute atomic E-state index is 0.179. The van der Waals surface area contributed by atoms with Crippen LogP contribution in [0.25, 0.3) is 0 Å². The Hall–Kier alpha value is -1.20. The number of rotatable bonds is 6. The van der Waals surface area contributed by atoms with Gasteiger partial charge >= 0.3 is 0 Å². The van der Waals surface area contributed by atoms with E-state index in [4.69, 9.17) is 16.3 Å². The van der Waals surface area contributed by atoms with Crippen molar-refractivity contribution in [2.24, 2.45) is 0 Å². The lowest BCUT2D eigenvalue weighted by atomic mass is 10.3. The number of likely N-dealkylation sites (N-methyl/N-ethyl adjacent to an activating group) is 1. The third kappa shape index (κ3) is 4.28. The number of ether oxygens (including phenoxy) is 1. The first-order valence-electron chi connectivity index (χ1n) is 5.53. The molecule has 0 spiro atoms. The topological polar surface area (TPSA) is 55.3 Å². The molecule has 1 rings (SSSR count). The summed E-state index contributed by atoms with van der Waals surface area (Å²) in [5.41, 5.74) is 0.260. The van der Waals surface area contributed by atoms with Gasteiger partial charge in [-0.1, -0.05) is 11.6 Å². The molecule has 6 heteroatoms. The van der Waals surface area contributed by atoms with Crippen LogP contribution < -0.4 is 0 Å². The summed E-state index contributed by atoms with van der Waals surface area (Å²) in [6.45, 7) is 6.12. The highest BCUT2D eigenvalue weighted by molar-refractivity contribution is 6.29. The van der Waals surface area contributed by atoms with E-state index in [-0.39, 0.29) is 16.8 Å². The fourth-order valence-electron chi connectivity index (χ4n) is 1.33. The Labute approximate surface area is 106 Å². The molecule has 0 aromatic carbocycles. The van der Waals surface area contributed by atoms with Crippen molar-refractivity contribution in [3.8, 4) is 0 Å². The first kappa shape index (κ1) is 13.9. The van der Waals surface area contributed by atoms with E-state index in [2.05, 4.69) is 9.97 Å². The summed E-state index contributed by atoms with van der Waals surface area (Å²) in [5.74, 6) is -0.179. The van der Waals surface area contributed by atoms with Gasteiger partial charge in [0.25, 0.3) is 5.91 Å². The van der Waals surface area contributed by atoms with Gasteiger partial charge in [0, 0.05) is 19.7 Å². The molecule has 0 fully saturated rings. The second-order valence-corrected chi connectivity index (χ2v) is 3.70. The molecule has 1 aromatic rings. The predicted octanol–water partition coefficient (Wildman–Crippen LogP) is 1.63. The largest absolute Gasteiger partial charge is 0.380 e. The third-order valence-electron chi connectivity index (χ3n) is 2.20. The van der Waals surface area contributed by atoms with Gasteiger partial charge in [0.05, 0.1) is 19.0 Å². The molecule has 0 aliphatic carbocycles. The molecule has 5 nitrogen and oxygen atoms in total. The quantitative estimate of drug-likeness (QED) is 0.727. The Bertz CT molecular complexity index is 373. The Morgan fingerprint density at radius 1 is 1.47 bits per heavy atom. The molecule has 1 heterocycles. The van der Waals surface area contributed by atoms with Crippen LogP contribution in [0.3, 0.4) is 0 Å². The molecule has 0 aliphatic rings. The Kier molecular flexibility index (Phi) is 5.86. The van der Waals surface area contributed by atoms with E-state index >= 15 is 0 Å². The normalized spacial score (nSPS) is 10.3.